The number of hydrogen-bond acceptors (Lipinski definition) is 5. The monoisotopic (exact) mass is 361 g/mol. The Balaban J connectivity index is 1.55. The number of anilines is 3. The molecule has 2 aromatic rings. The molecule has 132 valence electrons. The number of halogens is 1. The molecule has 1 amide bonds. The number of carbonyl (C=O) groups is 1. The predicted octanol–water partition coefficient (Wildman–Crippen LogP) is 2.78. The Hall–Kier alpha value is -2.44. The third-order valence-corrected chi connectivity index (χ3v) is 4.10. The zero-order valence-electron chi connectivity index (χ0n) is 13.7. The molecule has 0 saturated carbocycles. The minimum Gasteiger partial charge on any atom is -0.484 e. The molecule has 0 spiro atoms. The van der Waals surface area contributed by atoms with Crippen molar-refractivity contribution < 1.29 is 14.3 Å². The van der Waals surface area contributed by atoms with E-state index in [1.54, 1.807) is 30.3 Å². The molecule has 3 N–H and O–H groups in total. The van der Waals surface area contributed by atoms with E-state index in [1.165, 1.54) is 0 Å². The first kappa shape index (κ1) is 17.4. The molecule has 6 nitrogen and oxygen atoms in total. The Kier molecular flexibility index (Phi) is 5.63. The molecular formula is C18H20ClN3O3. The summed E-state index contributed by atoms with van der Waals surface area (Å²) >= 11 is 5.81. The number of ether oxygens (including phenoxy) is 2. The van der Waals surface area contributed by atoms with Gasteiger partial charge in [0, 0.05) is 23.8 Å². The minimum absolute atomic E-state index is 0.0905. The highest BCUT2D eigenvalue weighted by Gasteiger charge is 2.14. The van der Waals surface area contributed by atoms with Gasteiger partial charge in [0.05, 0.1) is 24.6 Å². The number of nitrogen functional groups attached to an aromatic ring is 1. The summed E-state index contributed by atoms with van der Waals surface area (Å²) in [6.07, 6.45) is 0. The van der Waals surface area contributed by atoms with Crippen LogP contribution in [0.15, 0.2) is 42.5 Å². The first-order valence-electron chi connectivity index (χ1n) is 8.02. The van der Waals surface area contributed by atoms with Crippen LogP contribution in [0.1, 0.15) is 0 Å². The summed E-state index contributed by atoms with van der Waals surface area (Å²) in [6, 6.07) is 12.3. The van der Waals surface area contributed by atoms with E-state index in [-0.39, 0.29) is 12.5 Å². The maximum atomic E-state index is 12.0. The van der Waals surface area contributed by atoms with Gasteiger partial charge >= 0.3 is 0 Å². The first-order chi connectivity index (χ1) is 12.1. The molecule has 0 aliphatic carbocycles. The third-order valence-electron chi connectivity index (χ3n) is 3.85. The Bertz CT molecular complexity index is 731. The van der Waals surface area contributed by atoms with E-state index in [1.807, 2.05) is 12.1 Å². The summed E-state index contributed by atoms with van der Waals surface area (Å²) in [5.74, 6) is 0.329. The number of hydrogen-bond donors (Lipinski definition) is 2. The number of benzene rings is 2. The third kappa shape index (κ3) is 4.78. The van der Waals surface area contributed by atoms with E-state index in [0.717, 1.165) is 18.8 Å². The van der Waals surface area contributed by atoms with Gasteiger partial charge in [-0.15, -0.1) is 0 Å². The van der Waals surface area contributed by atoms with E-state index < -0.39 is 0 Å². The molecule has 0 radical (unpaired) electrons. The van der Waals surface area contributed by atoms with E-state index in [0.29, 0.717) is 35.4 Å². The molecule has 0 unspecified atom stereocenters. The molecule has 1 aliphatic heterocycles. The van der Waals surface area contributed by atoms with Gasteiger partial charge in [0.2, 0.25) is 0 Å². The van der Waals surface area contributed by atoms with E-state index in [4.69, 9.17) is 26.8 Å². The van der Waals surface area contributed by atoms with Gasteiger partial charge in [0.15, 0.2) is 6.61 Å². The molecule has 0 aromatic heterocycles. The Morgan fingerprint density at radius 1 is 1.20 bits per heavy atom. The van der Waals surface area contributed by atoms with Crippen molar-refractivity contribution in [3.63, 3.8) is 0 Å². The van der Waals surface area contributed by atoms with Gasteiger partial charge in [-0.1, -0.05) is 11.6 Å². The normalized spacial score (nSPS) is 14.2. The fourth-order valence-corrected chi connectivity index (χ4v) is 2.73. The lowest BCUT2D eigenvalue weighted by molar-refractivity contribution is -0.118. The second kappa shape index (κ2) is 8.09. The van der Waals surface area contributed by atoms with Gasteiger partial charge in [0.25, 0.3) is 5.91 Å². The summed E-state index contributed by atoms with van der Waals surface area (Å²) < 4.78 is 10.8. The lowest BCUT2D eigenvalue weighted by Gasteiger charge is -2.30. The van der Waals surface area contributed by atoms with Crippen LogP contribution < -0.4 is 20.7 Å². The molecule has 7 heteroatoms. The van der Waals surface area contributed by atoms with Gasteiger partial charge in [-0.05, 0) is 42.5 Å². The van der Waals surface area contributed by atoms with Crippen molar-refractivity contribution in [2.75, 3.05) is 48.9 Å². The van der Waals surface area contributed by atoms with E-state index in [9.17, 15) is 4.79 Å². The first-order valence-corrected chi connectivity index (χ1v) is 8.40. The average molecular weight is 362 g/mol. The lowest BCUT2D eigenvalue weighted by atomic mass is 10.2. The largest absolute Gasteiger partial charge is 0.484 e. The molecule has 2 aromatic carbocycles. The van der Waals surface area contributed by atoms with Gasteiger partial charge in [0.1, 0.15) is 5.75 Å². The number of nitrogens with one attached hydrogen (secondary N) is 1. The maximum Gasteiger partial charge on any atom is 0.262 e. The van der Waals surface area contributed by atoms with Crippen LogP contribution in [0.3, 0.4) is 0 Å². The van der Waals surface area contributed by atoms with Gasteiger partial charge in [-0.2, -0.15) is 0 Å². The van der Waals surface area contributed by atoms with Crippen LogP contribution in [0.4, 0.5) is 17.1 Å². The topological polar surface area (TPSA) is 76.8 Å². The zero-order chi connectivity index (χ0) is 17.6. The number of amides is 1. The van der Waals surface area contributed by atoms with Gasteiger partial charge < -0.3 is 25.4 Å². The van der Waals surface area contributed by atoms with Crippen molar-refractivity contribution in [1.82, 2.24) is 0 Å². The van der Waals surface area contributed by atoms with Crippen LogP contribution in [0.25, 0.3) is 0 Å². The summed E-state index contributed by atoms with van der Waals surface area (Å²) in [5, 5.41) is 3.40. The van der Waals surface area contributed by atoms with Crippen molar-refractivity contribution in [1.29, 1.82) is 0 Å². The van der Waals surface area contributed by atoms with Crippen LogP contribution in [0.2, 0.25) is 5.02 Å². The lowest BCUT2D eigenvalue weighted by Crippen LogP contribution is -2.36. The number of rotatable bonds is 5. The molecule has 0 atom stereocenters. The van der Waals surface area contributed by atoms with Crippen LogP contribution in [0, 0.1) is 0 Å². The molecule has 1 aliphatic rings. The fourth-order valence-electron chi connectivity index (χ4n) is 2.60. The highest BCUT2D eigenvalue weighted by atomic mass is 35.5. The summed E-state index contributed by atoms with van der Waals surface area (Å²) in [4.78, 5) is 14.2. The quantitative estimate of drug-likeness (QED) is 0.801. The summed E-state index contributed by atoms with van der Waals surface area (Å²) in [6.45, 7) is 2.92. The molecule has 3 rings (SSSR count). The van der Waals surface area contributed by atoms with E-state index in [2.05, 4.69) is 10.2 Å². The summed E-state index contributed by atoms with van der Waals surface area (Å²) in [5.41, 5.74) is 8.35. The zero-order valence-corrected chi connectivity index (χ0v) is 14.5. The molecule has 0 bridgehead atoms. The second-order valence-corrected chi connectivity index (χ2v) is 6.10. The SMILES string of the molecule is Nc1cc(NC(=O)COc2ccc(Cl)cc2)ccc1N1CCOCC1. The Labute approximate surface area is 151 Å². The van der Waals surface area contributed by atoms with Crippen molar-refractivity contribution in [3.05, 3.63) is 47.5 Å². The smallest absolute Gasteiger partial charge is 0.262 e. The van der Waals surface area contributed by atoms with Crippen LogP contribution in [-0.2, 0) is 9.53 Å². The Morgan fingerprint density at radius 2 is 1.92 bits per heavy atom. The molecule has 25 heavy (non-hydrogen) atoms. The number of nitrogens with two attached hydrogens (primary N) is 1. The average Bonchev–Trinajstić information content (AvgIpc) is 2.62. The number of morpholine rings is 1. The maximum absolute atomic E-state index is 12.0. The van der Waals surface area contributed by atoms with Crippen molar-refractivity contribution in [3.8, 4) is 5.75 Å². The van der Waals surface area contributed by atoms with Crippen molar-refractivity contribution in [2.45, 2.75) is 0 Å². The standard InChI is InChI=1S/C18H20ClN3O3/c19-13-1-4-15(5-2-13)25-12-18(23)21-14-3-6-17(16(20)11-14)22-7-9-24-10-8-22/h1-6,11H,7-10,12,20H2,(H,21,23). The van der Waals surface area contributed by atoms with Gasteiger partial charge in [-0.3, -0.25) is 4.79 Å². The van der Waals surface area contributed by atoms with Crippen LogP contribution >= 0.6 is 11.6 Å². The highest BCUT2D eigenvalue weighted by Crippen LogP contribution is 2.27. The molecular weight excluding hydrogens is 342 g/mol. The number of nitrogens with zero attached hydrogens (tertiary/aromatic N) is 1. The van der Waals surface area contributed by atoms with E-state index >= 15 is 0 Å². The second-order valence-electron chi connectivity index (χ2n) is 5.66. The van der Waals surface area contributed by atoms with Gasteiger partial charge in [-0.25, -0.2) is 0 Å². The molecule has 1 fully saturated rings. The Morgan fingerprint density at radius 3 is 2.60 bits per heavy atom. The molecule has 1 heterocycles. The molecule has 1 saturated heterocycles. The summed E-state index contributed by atoms with van der Waals surface area (Å²) in [7, 11) is 0. The predicted molar refractivity (Wildman–Crippen MR) is 99.5 cm³/mol. The van der Waals surface area contributed by atoms with Crippen molar-refractivity contribution in [2.24, 2.45) is 0 Å². The van der Waals surface area contributed by atoms with Crippen molar-refractivity contribution >= 4 is 34.6 Å². The van der Waals surface area contributed by atoms with Crippen LogP contribution in [-0.4, -0.2) is 38.8 Å². The van der Waals surface area contributed by atoms with Crippen LogP contribution in [0.5, 0.6) is 5.75 Å². The minimum atomic E-state index is -0.256. The highest BCUT2D eigenvalue weighted by molar-refractivity contribution is 6.30. The number of carbonyl (C=O) groups excluding carboxylic acids is 1. The fraction of sp³-hybridized carbons (Fsp3) is 0.278.